The maximum atomic E-state index is 14.3. The summed E-state index contributed by atoms with van der Waals surface area (Å²) >= 11 is 5.80. The van der Waals surface area contributed by atoms with Gasteiger partial charge in [-0.3, -0.25) is 4.90 Å². The van der Waals surface area contributed by atoms with Crippen LogP contribution >= 0.6 is 11.6 Å². The minimum Gasteiger partial charge on any atom is -0.488 e. The van der Waals surface area contributed by atoms with E-state index in [1.165, 1.54) is 24.3 Å². The second-order valence-corrected chi connectivity index (χ2v) is 11.3. The van der Waals surface area contributed by atoms with E-state index < -0.39 is 30.1 Å². The number of carboxylic acid groups (broad SMARTS) is 1. The van der Waals surface area contributed by atoms with E-state index in [1.807, 2.05) is 11.5 Å². The minimum atomic E-state index is -4.66. The van der Waals surface area contributed by atoms with Gasteiger partial charge in [-0.2, -0.15) is 13.2 Å². The predicted molar refractivity (Wildman–Crippen MR) is 151 cm³/mol. The van der Waals surface area contributed by atoms with Crippen molar-refractivity contribution in [2.45, 2.75) is 57.8 Å². The van der Waals surface area contributed by atoms with Crippen molar-refractivity contribution in [2.24, 2.45) is 0 Å². The van der Waals surface area contributed by atoms with Crippen LogP contribution in [0.3, 0.4) is 0 Å². The van der Waals surface area contributed by atoms with Gasteiger partial charge in [0, 0.05) is 29.8 Å². The van der Waals surface area contributed by atoms with Gasteiger partial charge in [-0.1, -0.05) is 17.7 Å². The highest BCUT2D eigenvalue weighted by Gasteiger charge is 2.37. The second kappa shape index (κ2) is 11.4. The fourth-order valence-corrected chi connectivity index (χ4v) is 5.85. The number of carbonyl (C=O) groups is 1. The lowest BCUT2D eigenvalue weighted by Crippen LogP contribution is -2.36. The highest BCUT2D eigenvalue weighted by atomic mass is 35.5. The average Bonchev–Trinajstić information content (AvgIpc) is 3.27. The van der Waals surface area contributed by atoms with Gasteiger partial charge >= 0.3 is 12.1 Å². The van der Waals surface area contributed by atoms with Crippen molar-refractivity contribution in [1.29, 1.82) is 0 Å². The standard InChI is InChI=1S/C31H28ClF4N3O4/c1-17-23-13-28(43-16-20-2-4-21(32)12-25(20)33)24(31(34,35)36)10-18(23)6-8-38(17)15-29-37-26-5-3-19(30(40)41)11-27(26)39(29)14-22-7-9-42-22/h2-5,10-13,17,22H,6-9,14-16H2,1H3,(H,40,41)/t17-,22+/m1/s1. The first kappa shape index (κ1) is 29.4. The molecule has 0 saturated carbocycles. The molecule has 1 aromatic heterocycles. The van der Waals surface area contributed by atoms with Crippen LogP contribution in [0.15, 0.2) is 48.5 Å². The Kier molecular flexibility index (Phi) is 7.82. The summed E-state index contributed by atoms with van der Waals surface area (Å²) in [5, 5.41) is 9.70. The molecule has 2 aliphatic heterocycles. The first-order chi connectivity index (χ1) is 20.5. The zero-order chi connectivity index (χ0) is 30.5. The molecular formula is C31H28ClF4N3O4. The van der Waals surface area contributed by atoms with Crippen LogP contribution in [-0.2, 0) is 37.0 Å². The molecule has 2 aliphatic rings. The summed E-state index contributed by atoms with van der Waals surface area (Å²) in [5.74, 6) is -1.36. The topological polar surface area (TPSA) is 76.8 Å². The van der Waals surface area contributed by atoms with Crippen molar-refractivity contribution in [3.63, 3.8) is 0 Å². The Morgan fingerprint density at radius 3 is 2.65 bits per heavy atom. The number of hydrogen-bond donors (Lipinski definition) is 1. The van der Waals surface area contributed by atoms with Gasteiger partial charge in [-0.15, -0.1) is 0 Å². The van der Waals surface area contributed by atoms with E-state index >= 15 is 0 Å². The van der Waals surface area contributed by atoms with E-state index in [-0.39, 0.29) is 34.0 Å². The summed E-state index contributed by atoms with van der Waals surface area (Å²) in [6, 6.07) is 11.0. The second-order valence-electron chi connectivity index (χ2n) is 10.9. The predicted octanol–water partition coefficient (Wildman–Crippen LogP) is 7.03. The lowest BCUT2D eigenvalue weighted by molar-refractivity contribution is -0.139. The normalized spacial score (nSPS) is 18.8. The van der Waals surface area contributed by atoms with Crippen LogP contribution in [0.1, 0.15) is 57.8 Å². The molecule has 0 amide bonds. The molecule has 2 atom stereocenters. The molecule has 6 rings (SSSR count). The molecule has 43 heavy (non-hydrogen) atoms. The number of benzene rings is 3. The molecule has 3 aromatic carbocycles. The highest BCUT2D eigenvalue weighted by molar-refractivity contribution is 6.30. The molecule has 4 aromatic rings. The van der Waals surface area contributed by atoms with Crippen LogP contribution in [0, 0.1) is 5.82 Å². The van der Waals surface area contributed by atoms with E-state index in [0.717, 1.165) is 18.6 Å². The van der Waals surface area contributed by atoms with Crippen LogP contribution in [0.4, 0.5) is 17.6 Å². The maximum Gasteiger partial charge on any atom is 0.419 e. The van der Waals surface area contributed by atoms with Crippen molar-refractivity contribution < 1.29 is 36.9 Å². The Bertz CT molecular complexity index is 1700. The van der Waals surface area contributed by atoms with Crippen LogP contribution < -0.4 is 4.74 Å². The van der Waals surface area contributed by atoms with Gasteiger partial charge in [-0.25, -0.2) is 14.2 Å². The molecule has 0 aliphatic carbocycles. The summed E-state index contributed by atoms with van der Waals surface area (Å²) in [4.78, 5) is 18.6. The molecule has 0 radical (unpaired) electrons. The smallest absolute Gasteiger partial charge is 0.419 e. The third kappa shape index (κ3) is 5.93. The molecule has 7 nitrogen and oxygen atoms in total. The largest absolute Gasteiger partial charge is 0.488 e. The summed E-state index contributed by atoms with van der Waals surface area (Å²) in [7, 11) is 0. The fraction of sp³-hybridized carbons (Fsp3) is 0.355. The summed E-state index contributed by atoms with van der Waals surface area (Å²) in [6.45, 7) is 3.58. The number of alkyl halides is 3. The molecule has 0 unspecified atom stereocenters. The fourth-order valence-electron chi connectivity index (χ4n) is 5.70. The van der Waals surface area contributed by atoms with Crippen LogP contribution in [0.5, 0.6) is 5.75 Å². The molecule has 12 heteroatoms. The number of ether oxygens (including phenoxy) is 2. The molecule has 1 N–H and O–H groups in total. The van der Waals surface area contributed by atoms with Crippen molar-refractivity contribution >= 4 is 28.6 Å². The number of imidazole rings is 1. The van der Waals surface area contributed by atoms with Gasteiger partial charge in [0.05, 0.1) is 41.4 Å². The zero-order valence-electron chi connectivity index (χ0n) is 23.1. The molecule has 0 bridgehead atoms. The van der Waals surface area contributed by atoms with Gasteiger partial charge in [-0.05, 0) is 73.4 Å². The maximum absolute atomic E-state index is 14.3. The molecule has 1 saturated heterocycles. The monoisotopic (exact) mass is 617 g/mol. The number of carboxylic acids is 1. The van der Waals surface area contributed by atoms with E-state index in [9.17, 15) is 27.5 Å². The quantitative estimate of drug-likeness (QED) is 0.214. The zero-order valence-corrected chi connectivity index (χ0v) is 23.9. The first-order valence-electron chi connectivity index (χ1n) is 13.9. The molecule has 0 spiro atoms. The summed E-state index contributed by atoms with van der Waals surface area (Å²) < 4.78 is 69.7. The molecule has 226 valence electrons. The van der Waals surface area contributed by atoms with E-state index in [0.29, 0.717) is 60.6 Å². The number of rotatable bonds is 8. The van der Waals surface area contributed by atoms with Gasteiger partial charge in [0.2, 0.25) is 0 Å². The highest BCUT2D eigenvalue weighted by Crippen LogP contribution is 2.42. The van der Waals surface area contributed by atoms with E-state index in [4.69, 9.17) is 26.1 Å². The Balaban J connectivity index is 1.31. The van der Waals surface area contributed by atoms with Crippen LogP contribution in [0.25, 0.3) is 11.0 Å². The van der Waals surface area contributed by atoms with E-state index in [1.54, 1.807) is 12.1 Å². The molecular weight excluding hydrogens is 590 g/mol. The number of fused-ring (bicyclic) bond motifs is 2. The Labute approximate surface area is 249 Å². The van der Waals surface area contributed by atoms with Gasteiger partial charge in [0.15, 0.2) is 0 Å². The Hall–Kier alpha value is -3.67. The van der Waals surface area contributed by atoms with Gasteiger partial charge in [0.25, 0.3) is 0 Å². The number of aromatic carboxylic acids is 1. The lowest BCUT2D eigenvalue weighted by Gasteiger charge is -2.36. The van der Waals surface area contributed by atoms with Gasteiger partial charge in [0.1, 0.15) is 24.0 Å². The van der Waals surface area contributed by atoms with Crippen molar-refractivity contribution in [3.8, 4) is 5.75 Å². The molecule has 1 fully saturated rings. The third-order valence-corrected chi connectivity index (χ3v) is 8.44. The number of halogens is 5. The average molecular weight is 618 g/mol. The minimum absolute atomic E-state index is 0.00453. The number of aromatic nitrogens is 2. The van der Waals surface area contributed by atoms with Crippen molar-refractivity contribution in [3.05, 3.63) is 93.0 Å². The Morgan fingerprint density at radius 1 is 1.19 bits per heavy atom. The van der Waals surface area contributed by atoms with Crippen molar-refractivity contribution in [2.75, 3.05) is 13.2 Å². The lowest BCUT2D eigenvalue weighted by atomic mass is 9.91. The summed E-state index contributed by atoms with van der Waals surface area (Å²) in [5.41, 5.74) is 1.94. The van der Waals surface area contributed by atoms with Crippen LogP contribution in [-0.4, -0.2) is 44.8 Å². The SMILES string of the molecule is C[C@@H]1c2cc(OCc3ccc(Cl)cc3F)c(C(F)(F)F)cc2CCN1Cc1nc2ccc(C(=O)O)cc2n1C[C@@H]1CCO1. The van der Waals surface area contributed by atoms with Gasteiger partial charge < -0.3 is 19.1 Å². The number of nitrogens with zero attached hydrogens (tertiary/aromatic N) is 3. The summed E-state index contributed by atoms with van der Waals surface area (Å²) in [6.07, 6.45) is -3.40. The van der Waals surface area contributed by atoms with Crippen molar-refractivity contribution in [1.82, 2.24) is 14.5 Å². The number of hydrogen-bond acceptors (Lipinski definition) is 5. The van der Waals surface area contributed by atoms with E-state index in [2.05, 4.69) is 4.90 Å². The van der Waals surface area contributed by atoms with Crippen LogP contribution in [0.2, 0.25) is 5.02 Å². The molecule has 3 heterocycles. The first-order valence-corrected chi connectivity index (χ1v) is 14.2. The Morgan fingerprint density at radius 2 is 1.98 bits per heavy atom. The third-order valence-electron chi connectivity index (χ3n) is 8.21.